The van der Waals surface area contributed by atoms with Crippen LogP contribution in [0.5, 0.6) is 0 Å². The van der Waals surface area contributed by atoms with E-state index in [-0.39, 0.29) is 23.9 Å². The number of amides is 1. The maximum atomic E-state index is 12.9. The number of hydrogen-bond donors (Lipinski definition) is 1. The first-order valence-electron chi connectivity index (χ1n) is 9.68. The molecule has 158 valence electrons. The molecule has 0 atom stereocenters. The fraction of sp³-hybridized carbons (Fsp3) is 0.350. The topological polar surface area (TPSA) is 104 Å². The van der Waals surface area contributed by atoms with Gasteiger partial charge in [-0.3, -0.25) is 14.6 Å². The van der Waals surface area contributed by atoms with Gasteiger partial charge in [-0.05, 0) is 19.9 Å². The normalized spacial score (nSPS) is 15.5. The number of benzene rings is 1. The third-order valence-electron chi connectivity index (χ3n) is 5.49. The van der Waals surface area contributed by atoms with E-state index in [0.717, 1.165) is 11.1 Å². The highest BCUT2D eigenvalue weighted by Gasteiger charge is 2.32. The summed E-state index contributed by atoms with van der Waals surface area (Å²) in [5.74, 6) is -0.185. The first-order chi connectivity index (χ1) is 14.3. The van der Waals surface area contributed by atoms with Crippen LogP contribution >= 0.6 is 0 Å². The van der Waals surface area contributed by atoms with Crippen molar-refractivity contribution >= 4 is 15.9 Å². The van der Waals surface area contributed by atoms with Crippen molar-refractivity contribution in [2.24, 2.45) is 7.05 Å². The van der Waals surface area contributed by atoms with Crippen LogP contribution in [0.3, 0.4) is 0 Å². The summed E-state index contributed by atoms with van der Waals surface area (Å²) in [6.07, 6.45) is 1.37. The third kappa shape index (κ3) is 3.63. The fourth-order valence-electron chi connectivity index (χ4n) is 3.48. The second kappa shape index (κ2) is 7.69. The summed E-state index contributed by atoms with van der Waals surface area (Å²) in [6.45, 7) is 4.84. The molecule has 0 unspecified atom stereocenters. The lowest BCUT2D eigenvalue weighted by Gasteiger charge is -2.33. The number of rotatable bonds is 4. The molecule has 4 rings (SSSR count). The van der Waals surface area contributed by atoms with Crippen molar-refractivity contribution in [3.63, 3.8) is 0 Å². The molecule has 3 aromatic rings. The summed E-state index contributed by atoms with van der Waals surface area (Å²) in [4.78, 5) is 14.7. The zero-order valence-electron chi connectivity index (χ0n) is 17.2. The minimum absolute atomic E-state index is 0.185. The fourth-order valence-corrected chi connectivity index (χ4v) is 5.08. The van der Waals surface area contributed by atoms with E-state index in [1.165, 1.54) is 15.2 Å². The number of H-pyrrole nitrogens is 1. The first-order valence-corrected chi connectivity index (χ1v) is 11.1. The van der Waals surface area contributed by atoms with Crippen LogP contribution in [0.2, 0.25) is 0 Å². The Balaban J connectivity index is 1.44. The highest BCUT2D eigenvalue weighted by atomic mass is 32.2. The molecule has 1 fully saturated rings. The van der Waals surface area contributed by atoms with Gasteiger partial charge in [-0.2, -0.15) is 14.5 Å². The minimum Gasteiger partial charge on any atom is -0.335 e. The van der Waals surface area contributed by atoms with Gasteiger partial charge in [0.2, 0.25) is 10.0 Å². The van der Waals surface area contributed by atoms with Gasteiger partial charge >= 0.3 is 0 Å². The standard InChI is InChI=1S/C20H24N6O3S/c1-14-4-6-16(7-5-14)17-12-18(23-22-17)20(27)25-8-10-26(11-9-25)30(28,29)19-13-21-24(3)15(19)2/h4-7,12-13H,8-11H2,1-3H3,(H,22,23). The van der Waals surface area contributed by atoms with Crippen molar-refractivity contribution in [1.29, 1.82) is 0 Å². The quantitative estimate of drug-likeness (QED) is 0.679. The zero-order chi connectivity index (χ0) is 21.5. The Labute approximate surface area is 175 Å². The molecular formula is C20H24N6O3S. The van der Waals surface area contributed by atoms with E-state index in [1.807, 2.05) is 31.2 Å². The molecule has 1 aromatic carbocycles. The number of piperazine rings is 1. The van der Waals surface area contributed by atoms with Crippen molar-refractivity contribution in [3.8, 4) is 11.3 Å². The van der Waals surface area contributed by atoms with E-state index >= 15 is 0 Å². The summed E-state index contributed by atoms with van der Waals surface area (Å²) in [7, 11) is -1.92. The summed E-state index contributed by atoms with van der Waals surface area (Å²) in [6, 6.07) is 9.65. The molecule has 10 heteroatoms. The summed E-state index contributed by atoms with van der Waals surface area (Å²) < 4.78 is 28.8. The summed E-state index contributed by atoms with van der Waals surface area (Å²) in [5, 5.41) is 11.1. The van der Waals surface area contributed by atoms with Gasteiger partial charge in [-0.15, -0.1) is 0 Å². The molecule has 9 nitrogen and oxygen atoms in total. The number of sulfonamides is 1. The van der Waals surface area contributed by atoms with Crippen molar-refractivity contribution < 1.29 is 13.2 Å². The van der Waals surface area contributed by atoms with Gasteiger partial charge < -0.3 is 4.90 Å². The van der Waals surface area contributed by atoms with Crippen LogP contribution in [-0.2, 0) is 17.1 Å². The monoisotopic (exact) mass is 428 g/mol. The van der Waals surface area contributed by atoms with Gasteiger partial charge in [0.15, 0.2) is 0 Å². The van der Waals surface area contributed by atoms with Gasteiger partial charge in [-0.1, -0.05) is 29.8 Å². The van der Waals surface area contributed by atoms with Crippen LogP contribution < -0.4 is 0 Å². The number of aryl methyl sites for hydroxylation is 2. The third-order valence-corrected chi connectivity index (χ3v) is 7.49. The zero-order valence-corrected chi connectivity index (χ0v) is 18.0. The number of aromatic nitrogens is 4. The average molecular weight is 429 g/mol. The molecule has 0 radical (unpaired) electrons. The highest BCUT2D eigenvalue weighted by Crippen LogP contribution is 2.22. The molecule has 0 saturated carbocycles. The van der Waals surface area contributed by atoms with E-state index in [1.54, 1.807) is 24.9 Å². The van der Waals surface area contributed by atoms with E-state index in [0.29, 0.717) is 30.2 Å². The summed E-state index contributed by atoms with van der Waals surface area (Å²) >= 11 is 0. The van der Waals surface area contributed by atoms with E-state index in [4.69, 9.17) is 0 Å². The number of nitrogens with one attached hydrogen (secondary N) is 1. The molecule has 1 aliphatic rings. The van der Waals surface area contributed by atoms with Crippen LogP contribution in [0.25, 0.3) is 11.3 Å². The predicted octanol–water partition coefficient (Wildman–Crippen LogP) is 1.57. The molecular weight excluding hydrogens is 404 g/mol. The Kier molecular flexibility index (Phi) is 5.20. The molecule has 30 heavy (non-hydrogen) atoms. The number of nitrogens with zero attached hydrogens (tertiary/aromatic N) is 5. The Bertz CT molecular complexity index is 1170. The van der Waals surface area contributed by atoms with Gasteiger partial charge in [0.25, 0.3) is 5.91 Å². The Morgan fingerprint density at radius 2 is 1.73 bits per heavy atom. The lowest BCUT2D eigenvalue weighted by atomic mass is 10.1. The van der Waals surface area contributed by atoms with Crippen molar-refractivity contribution in [2.75, 3.05) is 26.2 Å². The molecule has 2 aromatic heterocycles. The van der Waals surface area contributed by atoms with E-state index in [9.17, 15) is 13.2 Å². The summed E-state index contributed by atoms with van der Waals surface area (Å²) in [5.41, 5.74) is 3.77. The molecule has 1 amide bonds. The molecule has 0 bridgehead atoms. The van der Waals surface area contributed by atoms with Gasteiger partial charge in [0, 0.05) is 38.8 Å². The molecule has 1 aliphatic heterocycles. The first kappa shape index (κ1) is 20.3. The molecule has 0 spiro atoms. The smallest absolute Gasteiger partial charge is 0.271 e. The van der Waals surface area contributed by atoms with Crippen molar-refractivity contribution in [1.82, 2.24) is 29.2 Å². The number of hydrogen-bond acceptors (Lipinski definition) is 5. The van der Waals surface area contributed by atoms with Gasteiger partial charge in [0.05, 0.1) is 17.6 Å². The second-order valence-corrected chi connectivity index (χ2v) is 9.35. The second-order valence-electron chi connectivity index (χ2n) is 7.45. The molecule has 0 aliphatic carbocycles. The van der Waals surface area contributed by atoms with Gasteiger partial charge in [-0.25, -0.2) is 8.42 Å². The SMILES string of the molecule is Cc1ccc(-c2cc(C(=O)N3CCN(S(=O)(=O)c4cnn(C)c4C)CC3)[nH]n2)cc1. The lowest BCUT2D eigenvalue weighted by Crippen LogP contribution is -2.50. The average Bonchev–Trinajstić information content (AvgIpc) is 3.36. The van der Waals surface area contributed by atoms with Crippen molar-refractivity contribution in [3.05, 3.63) is 53.5 Å². The van der Waals surface area contributed by atoms with Crippen molar-refractivity contribution in [2.45, 2.75) is 18.7 Å². The maximum Gasteiger partial charge on any atom is 0.271 e. The number of carbonyl (C=O) groups excluding carboxylic acids is 1. The van der Waals surface area contributed by atoms with Crippen LogP contribution in [0.4, 0.5) is 0 Å². The molecule has 3 heterocycles. The molecule has 1 saturated heterocycles. The maximum absolute atomic E-state index is 12.9. The largest absolute Gasteiger partial charge is 0.335 e. The molecule has 1 N–H and O–H groups in total. The van der Waals surface area contributed by atoms with Crippen LogP contribution in [-0.4, -0.2) is 69.7 Å². The lowest BCUT2D eigenvalue weighted by molar-refractivity contribution is 0.0692. The Hall–Kier alpha value is -2.98. The van der Waals surface area contributed by atoms with Crippen LogP contribution in [0, 0.1) is 13.8 Å². The van der Waals surface area contributed by atoms with Gasteiger partial charge in [0.1, 0.15) is 10.6 Å². The van der Waals surface area contributed by atoms with Crippen LogP contribution in [0.15, 0.2) is 41.4 Å². The number of aromatic amines is 1. The predicted molar refractivity (Wildman–Crippen MR) is 111 cm³/mol. The highest BCUT2D eigenvalue weighted by molar-refractivity contribution is 7.89. The van der Waals surface area contributed by atoms with E-state index < -0.39 is 10.0 Å². The Morgan fingerprint density at radius 3 is 2.33 bits per heavy atom. The minimum atomic E-state index is -3.63. The number of carbonyl (C=O) groups is 1. The Morgan fingerprint density at radius 1 is 1.07 bits per heavy atom. The van der Waals surface area contributed by atoms with Crippen LogP contribution in [0.1, 0.15) is 21.7 Å². The van der Waals surface area contributed by atoms with E-state index in [2.05, 4.69) is 15.3 Å².